The Bertz CT molecular complexity index is 414. The van der Waals surface area contributed by atoms with Gasteiger partial charge in [-0.25, -0.2) is 0 Å². The first-order valence-corrected chi connectivity index (χ1v) is 5.99. The van der Waals surface area contributed by atoms with Gasteiger partial charge in [-0.15, -0.1) is 0 Å². The van der Waals surface area contributed by atoms with Gasteiger partial charge in [0.25, 0.3) is 5.91 Å². The van der Waals surface area contributed by atoms with Crippen LogP contribution in [0.4, 0.5) is 0 Å². The summed E-state index contributed by atoms with van der Waals surface area (Å²) >= 11 is 5.90. The van der Waals surface area contributed by atoms with E-state index in [9.17, 15) is 9.90 Å². The average Bonchev–Trinajstić information content (AvgIpc) is 2.32. The van der Waals surface area contributed by atoms with Crippen molar-refractivity contribution in [2.45, 2.75) is 32.7 Å². The molecule has 2 N–H and O–H groups in total. The molecule has 0 spiro atoms. The van der Waals surface area contributed by atoms with Crippen LogP contribution in [-0.2, 0) is 0 Å². The molecule has 0 saturated heterocycles. The van der Waals surface area contributed by atoms with Crippen LogP contribution in [0.5, 0.6) is 0 Å². The predicted octanol–water partition coefficient (Wildman–Crippen LogP) is 2.54. The highest BCUT2D eigenvalue weighted by Crippen LogP contribution is 2.17. The Kier molecular flexibility index (Phi) is 4.54. The Hall–Kier alpha value is -1.06. The van der Waals surface area contributed by atoms with Crippen LogP contribution in [-0.4, -0.2) is 23.2 Å². The highest BCUT2D eigenvalue weighted by atomic mass is 35.5. The highest BCUT2D eigenvalue weighted by Gasteiger charge is 2.23. The summed E-state index contributed by atoms with van der Waals surface area (Å²) in [5, 5.41) is 12.7. The number of aryl methyl sites for hydroxylation is 1. The highest BCUT2D eigenvalue weighted by molar-refractivity contribution is 6.31. The summed E-state index contributed by atoms with van der Waals surface area (Å²) in [7, 11) is 0. The number of amides is 1. The Morgan fingerprint density at radius 1 is 1.53 bits per heavy atom. The van der Waals surface area contributed by atoms with Gasteiger partial charge in [-0.3, -0.25) is 4.79 Å². The van der Waals surface area contributed by atoms with Gasteiger partial charge < -0.3 is 10.4 Å². The molecule has 0 aliphatic heterocycles. The third-order valence-electron chi connectivity index (χ3n) is 2.96. The molecule has 0 saturated carbocycles. The Balaban J connectivity index is 2.86. The Morgan fingerprint density at radius 3 is 2.65 bits per heavy atom. The lowest BCUT2D eigenvalue weighted by Gasteiger charge is -2.27. The van der Waals surface area contributed by atoms with E-state index in [1.54, 1.807) is 18.2 Å². The van der Waals surface area contributed by atoms with Crippen LogP contribution < -0.4 is 5.32 Å². The van der Waals surface area contributed by atoms with Crippen LogP contribution in [0.15, 0.2) is 18.2 Å². The van der Waals surface area contributed by atoms with E-state index in [0.29, 0.717) is 17.0 Å². The molecule has 0 radical (unpaired) electrons. The fraction of sp³-hybridized carbons (Fsp3) is 0.462. The second-order valence-electron chi connectivity index (χ2n) is 4.49. The lowest BCUT2D eigenvalue weighted by atomic mass is 9.99. The maximum atomic E-state index is 12.0. The summed E-state index contributed by atoms with van der Waals surface area (Å²) in [6, 6.07) is 5.12. The lowest BCUT2D eigenvalue weighted by molar-refractivity contribution is 0.0847. The lowest BCUT2D eigenvalue weighted by Crippen LogP contribution is -2.48. The molecule has 0 aliphatic rings. The normalized spacial score (nSPS) is 14.2. The van der Waals surface area contributed by atoms with Gasteiger partial charge in [0, 0.05) is 10.6 Å². The molecule has 0 aromatic heterocycles. The zero-order chi connectivity index (χ0) is 13.1. The maximum Gasteiger partial charge on any atom is 0.251 e. The molecule has 1 atom stereocenters. The van der Waals surface area contributed by atoms with Crippen LogP contribution in [0.25, 0.3) is 0 Å². The quantitative estimate of drug-likeness (QED) is 0.869. The summed E-state index contributed by atoms with van der Waals surface area (Å²) in [4.78, 5) is 12.0. The molecule has 1 amide bonds. The topological polar surface area (TPSA) is 49.3 Å². The minimum Gasteiger partial charge on any atom is -0.394 e. The number of hydrogen-bond donors (Lipinski definition) is 2. The van der Waals surface area contributed by atoms with Crippen molar-refractivity contribution in [2.24, 2.45) is 0 Å². The van der Waals surface area contributed by atoms with E-state index in [1.807, 2.05) is 20.8 Å². The first kappa shape index (κ1) is 14.0. The standard InChI is InChI=1S/C13H18ClNO2/c1-4-13(3,8-16)15-12(17)10-5-6-11(14)9(2)7-10/h5-7,16H,4,8H2,1-3H3,(H,15,17)/t13-/m1/s1. The second kappa shape index (κ2) is 5.52. The maximum absolute atomic E-state index is 12.0. The molecule has 94 valence electrons. The van der Waals surface area contributed by atoms with Gasteiger partial charge in [0.05, 0.1) is 12.1 Å². The van der Waals surface area contributed by atoms with Crippen LogP contribution >= 0.6 is 11.6 Å². The molecule has 3 nitrogen and oxygen atoms in total. The number of halogens is 1. The number of benzene rings is 1. The number of nitrogens with one attached hydrogen (secondary N) is 1. The fourth-order valence-corrected chi connectivity index (χ4v) is 1.49. The summed E-state index contributed by atoms with van der Waals surface area (Å²) in [5.41, 5.74) is 0.839. The molecule has 1 aromatic rings. The van der Waals surface area contributed by atoms with Crippen molar-refractivity contribution in [3.05, 3.63) is 34.3 Å². The first-order valence-electron chi connectivity index (χ1n) is 5.61. The predicted molar refractivity (Wildman–Crippen MR) is 69.4 cm³/mol. The summed E-state index contributed by atoms with van der Waals surface area (Å²) < 4.78 is 0. The fourth-order valence-electron chi connectivity index (χ4n) is 1.37. The van der Waals surface area contributed by atoms with E-state index < -0.39 is 5.54 Å². The number of aliphatic hydroxyl groups is 1. The molecule has 1 rings (SSSR count). The van der Waals surface area contributed by atoms with Gasteiger partial charge in [-0.05, 0) is 44.0 Å². The largest absolute Gasteiger partial charge is 0.394 e. The molecule has 0 fully saturated rings. The number of carbonyl (C=O) groups excluding carboxylic acids is 1. The molecule has 0 bridgehead atoms. The number of rotatable bonds is 4. The average molecular weight is 256 g/mol. The van der Waals surface area contributed by atoms with Crippen molar-refractivity contribution in [1.29, 1.82) is 0 Å². The van der Waals surface area contributed by atoms with E-state index >= 15 is 0 Å². The molecule has 4 heteroatoms. The number of aliphatic hydroxyl groups excluding tert-OH is 1. The van der Waals surface area contributed by atoms with E-state index in [-0.39, 0.29) is 12.5 Å². The molecule has 0 unspecified atom stereocenters. The molecule has 0 heterocycles. The van der Waals surface area contributed by atoms with Gasteiger partial charge in [0.2, 0.25) is 0 Å². The van der Waals surface area contributed by atoms with E-state index in [1.165, 1.54) is 0 Å². The van der Waals surface area contributed by atoms with E-state index in [4.69, 9.17) is 11.6 Å². The summed E-state index contributed by atoms with van der Waals surface area (Å²) in [5.74, 6) is -0.192. The minimum absolute atomic E-state index is 0.0815. The molecule has 1 aromatic carbocycles. The third-order valence-corrected chi connectivity index (χ3v) is 3.39. The molecule has 0 aliphatic carbocycles. The van der Waals surface area contributed by atoms with E-state index in [0.717, 1.165) is 5.56 Å². The summed E-state index contributed by atoms with van der Waals surface area (Å²) in [6.45, 7) is 5.50. The zero-order valence-corrected chi connectivity index (χ0v) is 11.1. The van der Waals surface area contributed by atoms with Gasteiger partial charge in [-0.1, -0.05) is 18.5 Å². The van der Waals surface area contributed by atoms with Gasteiger partial charge in [0.1, 0.15) is 0 Å². The van der Waals surface area contributed by atoms with Crippen molar-refractivity contribution in [3.63, 3.8) is 0 Å². The van der Waals surface area contributed by atoms with Crippen molar-refractivity contribution >= 4 is 17.5 Å². The van der Waals surface area contributed by atoms with Crippen LogP contribution in [0, 0.1) is 6.92 Å². The minimum atomic E-state index is -0.579. The zero-order valence-electron chi connectivity index (χ0n) is 10.4. The van der Waals surface area contributed by atoms with Gasteiger partial charge >= 0.3 is 0 Å². The first-order chi connectivity index (χ1) is 7.91. The third kappa shape index (κ3) is 3.45. The van der Waals surface area contributed by atoms with Gasteiger partial charge in [-0.2, -0.15) is 0 Å². The van der Waals surface area contributed by atoms with Crippen molar-refractivity contribution in [1.82, 2.24) is 5.32 Å². The second-order valence-corrected chi connectivity index (χ2v) is 4.90. The van der Waals surface area contributed by atoms with Crippen LogP contribution in [0.2, 0.25) is 5.02 Å². The number of carbonyl (C=O) groups is 1. The SMILES string of the molecule is CC[C@](C)(CO)NC(=O)c1ccc(Cl)c(C)c1. The Morgan fingerprint density at radius 2 is 2.18 bits per heavy atom. The van der Waals surface area contributed by atoms with E-state index in [2.05, 4.69) is 5.32 Å². The van der Waals surface area contributed by atoms with Crippen molar-refractivity contribution < 1.29 is 9.90 Å². The number of hydrogen-bond acceptors (Lipinski definition) is 2. The van der Waals surface area contributed by atoms with Crippen molar-refractivity contribution in [2.75, 3.05) is 6.61 Å². The van der Waals surface area contributed by atoms with Crippen LogP contribution in [0.1, 0.15) is 36.2 Å². The molecular weight excluding hydrogens is 238 g/mol. The molecular formula is C13H18ClNO2. The van der Waals surface area contributed by atoms with Gasteiger partial charge in [0.15, 0.2) is 0 Å². The monoisotopic (exact) mass is 255 g/mol. The molecule has 17 heavy (non-hydrogen) atoms. The van der Waals surface area contributed by atoms with Crippen molar-refractivity contribution in [3.8, 4) is 0 Å². The smallest absolute Gasteiger partial charge is 0.251 e. The summed E-state index contributed by atoms with van der Waals surface area (Å²) in [6.07, 6.45) is 0.668. The van der Waals surface area contributed by atoms with Crippen LogP contribution in [0.3, 0.4) is 0 Å². The Labute approximate surface area is 107 Å².